The lowest BCUT2D eigenvalue weighted by molar-refractivity contribution is 0.190. The molecule has 1 unspecified atom stereocenters. The van der Waals surface area contributed by atoms with Gasteiger partial charge in [-0.1, -0.05) is 26.0 Å². The predicted octanol–water partition coefficient (Wildman–Crippen LogP) is 3.75. The highest BCUT2D eigenvalue weighted by atomic mass is 16.5. The van der Waals surface area contributed by atoms with Crippen molar-refractivity contribution < 1.29 is 9.53 Å². The topological polar surface area (TPSA) is 75.5 Å². The van der Waals surface area contributed by atoms with E-state index in [1.165, 1.54) is 12.8 Å². The van der Waals surface area contributed by atoms with Crippen molar-refractivity contribution in [2.45, 2.75) is 51.5 Å². The van der Waals surface area contributed by atoms with Crippen LogP contribution in [-0.2, 0) is 0 Å². The number of piperidine rings is 1. The molecule has 1 aromatic heterocycles. The van der Waals surface area contributed by atoms with Crippen molar-refractivity contribution in [3.63, 3.8) is 0 Å². The number of nitrogens with zero attached hydrogens (tertiary/aromatic N) is 5. The van der Waals surface area contributed by atoms with E-state index in [2.05, 4.69) is 38.8 Å². The number of ether oxygens (including phenoxy) is 1. The summed E-state index contributed by atoms with van der Waals surface area (Å²) in [5, 5.41) is 11.6. The Bertz CT molecular complexity index is 861. The van der Waals surface area contributed by atoms with Gasteiger partial charge in [-0.25, -0.2) is 4.79 Å². The van der Waals surface area contributed by atoms with Gasteiger partial charge in [-0.3, -0.25) is 0 Å². The minimum absolute atomic E-state index is 0.0815. The highest BCUT2D eigenvalue weighted by molar-refractivity contribution is 5.91. The Kier molecular flexibility index (Phi) is 7.06. The standard InChI is InChI=1S/C23H34N6O2/c1-3-27(4-2)14-15-31-21-10-6-5-9-20(21)25-23(30)28-13-7-8-18(16-28)22-26-24-17-29(22)19-11-12-19/h5-6,9-10,17-19H,3-4,7-8,11-16H2,1-2H3,(H,25,30). The molecule has 1 aliphatic carbocycles. The van der Waals surface area contributed by atoms with Gasteiger partial charge in [0, 0.05) is 31.6 Å². The molecule has 2 amide bonds. The van der Waals surface area contributed by atoms with Crippen molar-refractivity contribution in [1.29, 1.82) is 0 Å². The van der Waals surface area contributed by atoms with Gasteiger partial charge in [0.05, 0.1) is 5.69 Å². The van der Waals surface area contributed by atoms with Crippen LogP contribution in [0.1, 0.15) is 57.3 Å². The number of hydrogen-bond acceptors (Lipinski definition) is 5. The van der Waals surface area contributed by atoms with Gasteiger partial charge in [0.15, 0.2) is 0 Å². The number of hydrogen-bond donors (Lipinski definition) is 1. The fraction of sp³-hybridized carbons (Fsp3) is 0.609. The van der Waals surface area contributed by atoms with Crippen LogP contribution in [0.15, 0.2) is 30.6 Å². The first-order chi connectivity index (χ1) is 15.2. The van der Waals surface area contributed by atoms with E-state index < -0.39 is 0 Å². The zero-order chi connectivity index (χ0) is 21.6. The van der Waals surface area contributed by atoms with Gasteiger partial charge >= 0.3 is 6.03 Å². The van der Waals surface area contributed by atoms with Crippen LogP contribution >= 0.6 is 0 Å². The van der Waals surface area contributed by atoms with Gasteiger partial charge < -0.3 is 24.4 Å². The molecule has 1 aromatic carbocycles. The lowest BCUT2D eigenvalue weighted by Gasteiger charge is -2.32. The molecule has 0 bridgehead atoms. The minimum Gasteiger partial charge on any atom is -0.490 e. The molecule has 0 radical (unpaired) electrons. The number of likely N-dealkylation sites (tertiary alicyclic amines) is 1. The number of benzene rings is 1. The maximum absolute atomic E-state index is 13.0. The Morgan fingerprint density at radius 2 is 2.03 bits per heavy atom. The third-order valence-electron chi connectivity index (χ3n) is 6.30. The molecule has 1 N–H and O–H groups in total. The Hall–Kier alpha value is -2.61. The van der Waals surface area contributed by atoms with Crippen molar-refractivity contribution in [1.82, 2.24) is 24.6 Å². The van der Waals surface area contributed by atoms with E-state index in [0.29, 0.717) is 24.9 Å². The largest absolute Gasteiger partial charge is 0.490 e. The number of rotatable bonds is 9. The molecule has 1 aliphatic heterocycles. The highest BCUT2D eigenvalue weighted by Crippen LogP contribution is 2.38. The van der Waals surface area contributed by atoms with Gasteiger partial charge in [-0.15, -0.1) is 10.2 Å². The minimum atomic E-state index is -0.0815. The van der Waals surface area contributed by atoms with Crippen LogP contribution in [0.3, 0.4) is 0 Å². The number of nitrogens with one attached hydrogen (secondary N) is 1. The molecular formula is C23H34N6O2. The maximum atomic E-state index is 13.0. The van der Waals surface area contributed by atoms with Crippen LogP contribution in [-0.4, -0.2) is 69.9 Å². The molecular weight excluding hydrogens is 392 g/mol. The van der Waals surface area contributed by atoms with Crippen molar-refractivity contribution in [3.8, 4) is 5.75 Å². The van der Waals surface area contributed by atoms with Gasteiger partial charge in [0.1, 0.15) is 24.5 Å². The SMILES string of the molecule is CCN(CC)CCOc1ccccc1NC(=O)N1CCCC(c2nncn2C2CC2)C1. The number of para-hydroxylation sites is 2. The third kappa shape index (κ3) is 5.36. The summed E-state index contributed by atoms with van der Waals surface area (Å²) in [4.78, 5) is 17.3. The number of aromatic nitrogens is 3. The summed E-state index contributed by atoms with van der Waals surface area (Å²) in [6.07, 6.45) is 6.26. The first-order valence-corrected chi connectivity index (χ1v) is 11.6. The van der Waals surface area contributed by atoms with Gasteiger partial charge in [-0.05, 0) is 50.9 Å². The molecule has 1 saturated carbocycles. The molecule has 1 saturated heterocycles. The number of anilines is 1. The molecule has 2 aliphatic rings. The maximum Gasteiger partial charge on any atom is 0.321 e. The van der Waals surface area contributed by atoms with Gasteiger partial charge in [-0.2, -0.15) is 0 Å². The van der Waals surface area contributed by atoms with E-state index in [1.54, 1.807) is 0 Å². The van der Waals surface area contributed by atoms with Crippen LogP contribution in [0.2, 0.25) is 0 Å². The zero-order valence-electron chi connectivity index (χ0n) is 18.7. The van der Waals surface area contributed by atoms with Gasteiger partial charge in [0.25, 0.3) is 0 Å². The summed E-state index contributed by atoms with van der Waals surface area (Å²) in [6, 6.07) is 8.13. The van der Waals surface area contributed by atoms with Crippen LogP contribution < -0.4 is 10.1 Å². The molecule has 2 fully saturated rings. The van der Waals surface area contributed by atoms with E-state index in [-0.39, 0.29) is 11.9 Å². The average Bonchev–Trinajstić information content (AvgIpc) is 3.54. The summed E-state index contributed by atoms with van der Waals surface area (Å²) in [5.41, 5.74) is 0.718. The van der Waals surface area contributed by atoms with Crippen molar-refractivity contribution >= 4 is 11.7 Å². The fourth-order valence-electron chi connectivity index (χ4n) is 4.26. The molecule has 8 nitrogen and oxygen atoms in total. The summed E-state index contributed by atoms with van der Waals surface area (Å²) < 4.78 is 8.21. The van der Waals surface area contributed by atoms with E-state index in [0.717, 1.165) is 50.5 Å². The third-order valence-corrected chi connectivity index (χ3v) is 6.30. The predicted molar refractivity (Wildman–Crippen MR) is 121 cm³/mol. The number of carbonyl (C=O) groups is 1. The van der Waals surface area contributed by atoms with Crippen LogP contribution in [0.5, 0.6) is 5.75 Å². The summed E-state index contributed by atoms with van der Waals surface area (Å²) in [5.74, 6) is 1.98. The second kappa shape index (κ2) is 10.1. The first kappa shape index (κ1) is 21.6. The molecule has 2 heterocycles. The van der Waals surface area contributed by atoms with Crippen molar-refractivity contribution in [3.05, 3.63) is 36.4 Å². The highest BCUT2D eigenvalue weighted by Gasteiger charge is 2.32. The van der Waals surface area contributed by atoms with E-state index in [9.17, 15) is 4.79 Å². The number of urea groups is 1. The monoisotopic (exact) mass is 426 g/mol. The van der Waals surface area contributed by atoms with Crippen LogP contribution in [0.25, 0.3) is 0 Å². The molecule has 168 valence electrons. The van der Waals surface area contributed by atoms with Gasteiger partial charge in [0.2, 0.25) is 0 Å². The summed E-state index contributed by atoms with van der Waals surface area (Å²) in [6.45, 7) is 9.19. The van der Waals surface area contributed by atoms with E-state index in [4.69, 9.17) is 4.74 Å². The second-order valence-electron chi connectivity index (χ2n) is 8.41. The quantitative estimate of drug-likeness (QED) is 0.661. The number of likely N-dealkylation sites (N-methyl/N-ethyl adjacent to an activating group) is 1. The van der Waals surface area contributed by atoms with Crippen LogP contribution in [0.4, 0.5) is 10.5 Å². The van der Waals surface area contributed by atoms with Crippen molar-refractivity contribution in [2.24, 2.45) is 0 Å². The Morgan fingerprint density at radius 3 is 2.81 bits per heavy atom. The molecule has 0 spiro atoms. The Balaban J connectivity index is 1.36. The number of amides is 2. The second-order valence-corrected chi connectivity index (χ2v) is 8.41. The average molecular weight is 427 g/mol. The normalized spacial score (nSPS) is 18.9. The van der Waals surface area contributed by atoms with Crippen LogP contribution in [0, 0.1) is 0 Å². The molecule has 31 heavy (non-hydrogen) atoms. The fourth-order valence-corrected chi connectivity index (χ4v) is 4.26. The van der Waals surface area contributed by atoms with Crippen molar-refractivity contribution in [2.75, 3.05) is 44.6 Å². The smallest absolute Gasteiger partial charge is 0.321 e. The zero-order valence-corrected chi connectivity index (χ0v) is 18.7. The molecule has 1 atom stereocenters. The Labute approximate surface area is 184 Å². The molecule has 2 aromatic rings. The van der Waals surface area contributed by atoms with E-state index in [1.807, 2.05) is 35.5 Å². The summed E-state index contributed by atoms with van der Waals surface area (Å²) >= 11 is 0. The molecule has 4 rings (SSSR count). The first-order valence-electron chi connectivity index (χ1n) is 11.6. The Morgan fingerprint density at radius 1 is 1.23 bits per heavy atom. The molecule has 8 heteroatoms. The number of carbonyl (C=O) groups excluding carboxylic acids is 1. The summed E-state index contributed by atoms with van der Waals surface area (Å²) in [7, 11) is 0. The van der Waals surface area contributed by atoms with E-state index >= 15 is 0 Å². The lowest BCUT2D eigenvalue weighted by atomic mass is 9.97. The lowest BCUT2D eigenvalue weighted by Crippen LogP contribution is -2.42.